The number of nitrogens with one attached hydrogen (secondary N) is 1. The zero-order valence-corrected chi connectivity index (χ0v) is 20.4. The van der Waals surface area contributed by atoms with Crippen LogP contribution in [0.2, 0.25) is 5.02 Å². The van der Waals surface area contributed by atoms with Crippen LogP contribution < -0.4 is 14.8 Å². The summed E-state index contributed by atoms with van der Waals surface area (Å²) in [5.74, 6) is 0.206. The molecular formula is C28H20ClN3O5. The van der Waals surface area contributed by atoms with Crippen LogP contribution in [-0.2, 0) is 11.4 Å². The van der Waals surface area contributed by atoms with Crippen molar-refractivity contribution in [3.05, 3.63) is 111 Å². The average Bonchev–Trinajstić information content (AvgIpc) is 2.91. The molecule has 0 radical (unpaired) electrons. The maximum Gasteiger partial charge on any atom is 0.289 e. The molecule has 9 heteroatoms. The number of methoxy groups -OCH3 is 1. The number of nitrogens with zero attached hydrogens (tertiary/aromatic N) is 2. The van der Waals surface area contributed by atoms with Gasteiger partial charge in [0.05, 0.1) is 12.0 Å². The minimum atomic E-state index is -0.729. The maximum atomic E-state index is 12.7. The molecule has 0 aliphatic carbocycles. The molecule has 0 aliphatic heterocycles. The van der Waals surface area contributed by atoms with Gasteiger partial charge in [-0.05, 0) is 52.2 Å². The number of nitriles is 1. The summed E-state index contributed by atoms with van der Waals surface area (Å²) in [6.07, 6.45) is 1.39. The van der Waals surface area contributed by atoms with E-state index in [0.717, 1.165) is 22.4 Å². The van der Waals surface area contributed by atoms with Crippen LogP contribution in [0.3, 0.4) is 0 Å². The molecule has 0 aliphatic rings. The largest absolute Gasteiger partial charge is 0.493 e. The number of carbonyl (C=O) groups is 1. The van der Waals surface area contributed by atoms with Gasteiger partial charge in [0, 0.05) is 11.8 Å². The van der Waals surface area contributed by atoms with Gasteiger partial charge in [-0.2, -0.15) is 5.26 Å². The Morgan fingerprint density at radius 1 is 1.08 bits per heavy atom. The highest BCUT2D eigenvalue weighted by molar-refractivity contribution is 6.32. The van der Waals surface area contributed by atoms with Crippen LogP contribution >= 0.6 is 11.6 Å². The molecule has 8 nitrogen and oxygen atoms in total. The number of rotatable bonds is 8. The fourth-order valence-corrected chi connectivity index (χ4v) is 3.90. The number of halogens is 1. The first-order chi connectivity index (χ1) is 17.9. The molecule has 1 N–H and O–H groups in total. The van der Waals surface area contributed by atoms with Gasteiger partial charge in [-0.25, -0.2) is 0 Å². The Bertz CT molecular complexity index is 1570. The number of nitro benzene ring substituents is 1. The summed E-state index contributed by atoms with van der Waals surface area (Å²) in [5, 5.41) is 25.3. The molecule has 184 valence electrons. The number of hydrogen-bond donors (Lipinski definition) is 1. The second-order valence-electron chi connectivity index (χ2n) is 7.88. The minimum Gasteiger partial charge on any atom is -0.493 e. The summed E-state index contributed by atoms with van der Waals surface area (Å²) in [5.41, 5.74) is 1.10. The zero-order valence-electron chi connectivity index (χ0n) is 19.6. The highest BCUT2D eigenvalue weighted by Gasteiger charge is 2.16. The summed E-state index contributed by atoms with van der Waals surface area (Å²) >= 11 is 5.82. The van der Waals surface area contributed by atoms with E-state index >= 15 is 0 Å². The van der Waals surface area contributed by atoms with E-state index in [1.165, 1.54) is 25.3 Å². The van der Waals surface area contributed by atoms with Crippen LogP contribution in [0.1, 0.15) is 11.1 Å². The van der Waals surface area contributed by atoms with Crippen molar-refractivity contribution in [1.82, 2.24) is 0 Å². The third-order valence-electron chi connectivity index (χ3n) is 5.53. The molecule has 0 bridgehead atoms. The van der Waals surface area contributed by atoms with Crippen LogP contribution in [0, 0.1) is 21.4 Å². The number of ether oxygens (including phenoxy) is 2. The molecule has 0 spiro atoms. The second-order valence-corrected chi connectivity index (χ2v) is 8.29. The fraction of sp³-hybridized carbons (Fsp3) is 0.0714. The number of benzene rings is 4. The van der Waals surface area contributed by atoms with Gasteiger partial charge in [0.15, 0.2) is 11.5 Å². The second kappa shape index (κ2) is 11.2. The first-order valence-electron chi connectivity index (χ1n) is 11.0. The number of hydrogen-bond acceptors (Lipinski definition) is 6. The number of amides is 1. The monoisotopic (exact) mass is 513 g/mol. The van der Waals surface area contributed by atoms with Crippen molar-refractivity contribution in [3.8, 4) is 17.6 Å². The van der Waals surface area contributed by atoms with Gasteiger partial charge in [-0.3, -0.25) is 14.9 Å². The molecule has 0 saturated heterocycles. The van der Waals surface area contributed by atoms with Gasteiger partial charge in [0.2, 0.25) is 0 Å². The van der Waals surface area contributed by atoms with Gasteiger partial charge < -0.3 is 14.8 Å². The number of nitro groups is 1. The Balaban J connectivity index is 1.56. The van der Waals surface area contributed by atoms with Crippen molar-refractivity contribution in [2.75, 3.05) is 12.4 Å². The predicted octanol–water partition coefficient (Wildman–Crippen LogP) is 6.53. The van der Waals surface area contributed by atoms with Gasteiger partial charge >= 0.3 is 0 Å². The molecule has 0 heterocycles. The molecule has 1 amide bonds. The lowest BCUT2D eigenvalue weighted by molar-refractivity contribution is -0.384. The van der Waals surface area contributed by atoms with E-state index in [1.807, 2.05) is 48.5 Å². The summed E-state index contributed by atoms with van der Waals surface area (Å²) in [6, 6.07) is 24.7. The molecule has 0 aromatic heterocycles. The highest BCUT2D eigenvalue weighted by Crippen LogP contribution is 2.31. The number of anilines is 1. The molecule has 37 heavy (non-hydrogen) atoms. The maximum absolute atomic E-state index is 12.7. The summed E-state index contributed by atoms with van der Waals surface area (Å²) < 4.78 is 11.5. The van der Waals surface area contributed by atoms with Crippen LogP contribution in [0.4, 0.5) is 11.4 Å². The zero-order chi connectivity index (χ0) is 26.4. The van der Waals surface area contributed by atoms with Crippen molar-refractivity contribution in [1.29, 1.82) is 5.26 Å². The van der Waals surface area contributed by atoms with E-state index in [-0.39, 0.29) is 28.6 Å². The highest BCUT2D eigenvalue weighted by atomic mass is 35.5. The van der Waals surface area contributed by atoms with Crippen molar-refractivity contribution >= 4 is 45.7 Å². The Morgan fingerprint density at radius 2 is 1.86 bits per heavy atom. The molecule has 4 rings (SSSR count). The van der Waals surface area contributed by atoms with E-state index in [4.69, 9.17) is 21.1 Å². The summed E-state index contributed by atoms with van der Waals surface area (Å²) in [6.45, 7) is 0.284. The van der Waals surface area contributed by atoms with Gasteiger partial charge in [-0.15, -0.1) is 0 Å². The standard InChI is InChI=1S/C28H20ClN3O5/c1-36-26-12-9-18(14-27(26)37-17-20-7-4-6-19-5-2-3-8-23(19)20)13-21(16-30)28(33)31-22-10-11-24(29)25(15-22)32(34)35/h2-15H,17H2,1H3,(H,31,33)/b21-13+. The smallest absolute Gasteiger partial charge is 0.289 e. The fourth-order valence-electron chi connectivity index (χ4n) is 3.71. The number of fused-ring (bicyclic) bond motifs is 1. The molecule has 0 unspecified atom stereocenters. The quantitative estimate of drug-likeness (QED) is 0.124. The molecular weight excluding hydrogens is 494 g/mol. The van der Waals surface area contributed by atoms with Crippen LogP contribution in [0.15, 0.2) is 84.4 Å². The first-order valence-corrected chi connectivity index (χ1v) is 11.4. The van der Waals surface area contributed by atoms with E-state index in [2.05, 4.69) is 5.32 Å². The van der Waals surface area contributed by atoms with E-state index in [9.17, 15) is 20.2 Å². The summed E-state index contributed by atoms with van der Waals surface area (Å²) in [4.78, 5) is 23.1. The van der Waals surface area contributed by atoms with E-state index in [0.29, 0.717) is 17.1 Å². The number of carbonyl (C=O) groups excluding carboxylic acids is 1. The molecule has 0 atom stereocenters. The van der Waals surface area contributed by atoms with Gasteiger partial charge in [0.25, 0.3) is 11.6 Å². The molecule has 4 aromatic rings. The summed E-state index contributed by atoms with van der Waals surface area (Å²) in [7, 11) is 1.52. The predicted molar refractivity (Wildman–Crippen MR) is 142 cm³/mol. The Hall–Kier alpha value is -4.87. The third-order valence-corrected chi connectivity index (χ3v) is 5.85. The van der Waals surface area contributed by atoms with Crippen LogP contribution in [-0.4, -0.2) is 17.9 Å². The Kier molecular flexibility index (Phi) is 7.67. The molecule has 0 fully saturated rings. The molecule has 4 aromatic carbocycles. The Labute approximate surface area is 217 Å². The lowest BCUT2D eigenvalue weighted by atomic mass is 10.1. The Morgan fingerprint density at radius 3 is 2.62 bits per heavy atom. The van der Waals surface area contributed by atoms with Crippen molar-refractivity contribution in [2.45, 2.75) is 6.61 Å². The SMILES string of the molecule is COc1ccc(/C=C(\C#N)C(=O)Nc2ccc(Cl)c([N+](=O)[O-])c2)cc1OCc1cccc2ccccc12. The van der Waals surface area contributed by atoms with E-state index in [1.54, 1.807) is 18.2 Å². The minimum absolute atomic E-state index is 0.0617. The molecule has 0 saturated carbocycles. The van der Waals surface area contributed by atoms with Gasteiger partial charge in [-0.1, -0.05) is 60.1 Å². The normalized spacial score (nSPS) is 11.0. The first kappa shape index (κ1) is 25.2. The average molecular weight is 514 g/mol. The van der Waals surface area contributed by atoms with Crippen LogP contribution in [0.5, 0.6) is 11.5 Å². The lowest BCUT2D eigenvalue weighted by Crippen LogP contribution is -2.13. The van der Waals surface area contributed by atoms with Crippen molar-refractivity contribution in [2.24, 2.45) is 0 Å². The third kappa shape index (κ3) is 5.86. The lowest BCUT2D eigenvalue weighted by Gasteiger charge is -2.13. The van der Waals surface area contributed by atoms with Crippen molar-refractivity contribution in [3.63, 3.8) is 0 Å². The van der Waals surface area contributed by atoms with Gasteiger partial charge in [0.1, 0.15) is 23.3 Å². The van der Waals surface area contributed by atoms with Crippen molar-refractivity contribution < 1.29 is 19.2 Å². The topological polar surface area (TPSA) is 114 Å². The van der Waals surface area contributed by atoms with E-state index < -0.39 is 10.8 Å². The van der Waals surface area contributed by atoms with Crippen LogP contribution in [0.25, 0.3) is 16.8 Å².